The molecule has 1 aliphatic heterocycles. The van der Waals surface area contributed by atoms with E-state index in [0.717, 1.165) is 34.5 Å². The van der Waals surface area contributed by atoms with Crippen LogP contribution >= 0.6 is 0 Å². The lowest BCUT2D eigenvalue weighted by atomic mass is 10.1. The second-order valence-corrected chi connectivity index (χ2v) is 6.48. The monoisotopic (exact) mass is 339 g/mol. The SMILES string of the molecule is C[C@@H]1CO[C@@H](C)CN1c1cc(-c2ccc3c(N)n[nH]c3c2)nc(N)n1. The molecule has 0 aliphatic carbocycles. The second-order valence-electron chi connectivity index (χ2n) is 6.48. The number of H-pyrrole nitrogens is 1. The second kappa shape index (κ2) is 5.89. The Hall–Kier alpha value is -2.87. The molecule has 0 amide bonds. The molecular weight excluding hydrogens is 318 g/mol. The Bertz CT molecular complexity index is 923. The number of nitrogens with two attached hydrogens (primary N) is 2. The minimum Gasteiger partial charge on any atom is -0.382 e. The summed E-state index contributed by atoms with van der Waals surface area (Å²) in [5, 5.41) is 7.85. The summed E-state index contributed by atoms with van der Waals surface area (Å²) in [5.74, 6) is 1.55. The van der Waals surface area contributed by atoms with Crippen LogP contribution in [0.2, 0.25) is 0 Å². The Labute approximate surface area is 145 Å². The van der Waals surface area contributed by atoms with Gasteiger partial charge < -0.3 is 21.1 Å². The Kier molecular flexibility index (Phi) is 3.69. The van der Waals surface area contributed by atoms with E-state index in [0.29, 0.717) is 12.4 Å². The van der Waals surface area contributed by atoms with Gasteiger partial charge in [-0.2, -0.15) is 10.1 Å². The number of aromatic amines is 1. The van der Waals surface area contributed by atoms with Gasteiger partial charge in [-0.1, -0.05) is 6.07 Å². The molecule has 0 spiro atoms. The first-order valence-corrected chi connectivity index (χ1v) is 8.28. The van der Waals surface area contributed by atoms with Crippen LogP contribution in [0.4, 0.5) is 17.6 Å². The molecule has 130 valence electrons. The van der Waals surface area contributed by atoms with Gasteiger partial charge in [-0.15, -0.1) is 0 Å². The molecule has 0 radical (unpaired) electrons. The van der Waals surface area contributed by atoms with Gasteiger partial charge in [0.2, 0.25) is 5.95 Å². The third kappa shape index (κ3) is 2.85. The lowest BCUT2D eigenvalue weighted by Crippen LogP contribution is -2.47. The van der Waals surface area contributed by atoms with E-state index in [4.69, 9.17) is 16.2 Å². The predicted molar refractivity (Wildman–Crippen MR) is 98.2 cm³/mol. The number of nitrogens with one attached hydrogen (secondary N) is 1. The summed E-state index contributed by atoms with van der Waals surface area (Å²) in [6, 6.07) is 8.06. The number of aromatic nitrogens is 4. The summed E-state index contributed by atoms with van der Waals surface area (Å²) in [5.41, 5.74) is 14.4. The summed E-state index contributed by atoms with van der Waals surface area (Å²) in [7, 11) is 0. The number of anilines is 3. The molecule has 1 fully saturated rings. The summed E-state index contributed by atoms with van der Waals surface area (Å²) >= 11 is 0. The highest BCUT2D eigenvalue weighted by Crippen LogP contribution is 2.28. The van der Waals surface area contributed by atoms with Crippen LogP contribution < -0.4 is 16.4 Å². The summed E-state index contributed by atoms with van der Waals surface area (Å²) in [6.07, 6.45) is 0.153. The van der Waals surface area contributed by atoms with Crippen molar-refractivity contribution < 1.29 is 4.74 Å². The van der Waals surface area contributed by atoms with Gasteiger partial charge in [0.25, 0.3) is 0 Å². The van der Waals surface area contributed by atoms with Crippen molar-refractivity contribution >= 4 is 28.5 Å². The van der Waals surface area contributed by atoms with E-state index in [1.807, 2.05) is 24.3 Å². The average Bonchev–Trinajstić information content (AvgIpc) is 2.97. The largest absolute Gasteiger partial charge is 0.382 e. The molecule has 3 heterocycles. The number of rotatable bonds is 2. The molecule has 4 rings (SSSR count). The maximum atomic E-state index is 5.98. The molecule has 25 heavy (non-hydrogen) atoms. The summed E-state index contributed by atoms with van der Waals surface area (Å²) in [4.78, 5) is 11.0. The third-order valence-corrected chi connectivity index (χ3v) is 4.52. The van der Waals surface area contributed by atoms with Crippen LogP contribution in [-0.2, 0) is 4.74 Å². The smallest absolute Gasteiger partial charge is 0.222 e. The fourth-order valence-electron chi connectivity index (χ4n) is 3.17. The zero-order valence-electron chi connectivity index (χ0n) is 14.2. The minimum absolute atomic E-state index is 0.153. The first-order chi connectivity index (χ1) is 12.0. The highest BCUT2D eigenvalue weighted by molar-refractivity contribution is 5.91. The van der Waals surface area contributed by atoms with Crippen molar-refractivity contribution in [2.24, 2.45) is 0 Å². The fraction of sp³-hybridized carbons (Fsp3) is 0.353. The van der Waals surface area contributed by atoms with E-state index >= 15 is 0 Å². The van der Waals surface area contributed by atoms with Crippen molar-refractivity contribution in [2.45, 2.75) is 26.0 Å². The molecule has 0 unspecified atom stereocenters. The number of ether oxygens (including phenoxy) is 1. The number of hydrogen-bond donors (Lipinski definition) is 3. The molecule has 1 aliphatic rings. The third-order valence-electron chi connectivity index (χ3n) is 4.52. The maximum absolute atomic E-state index is 5.98. The topological polar surface area (TPSA) is 119 Å². The van der Waals surface area contributed by atoms with E-state index in [2.05, 4.69) is 38.9 Å². The molecule has 5 N–H and O–H groups in total. The first-order valence-electron chi connectivity index (χ1n) is 8.28. The molecule has 0 saturated carbocycles. The predicted octanol–water partition coefficient (Wildman–Crippen LogP) is 1.80. The molecule has 1 saturated heterocycles. The van der Waals surface area contributed by atoms with Crippen LogP contribution in [0.25, 0.3) is 22.2 Å². The maximum Gasteiger partial charge on any atom is 0.222 e. The Balaban J connectivity index is 1.75. The molecule has 2 aromatic heterocycles. The highest BCUT2D eigenvalue weighted by Gasteiger charge is 2.25. The van der Waals surface area contributed by atoms with Gasteiger partial charge in [0, 0.05) is 23.6 Å². The summed E-state index contributed by atoms with van der Waals surface area (Å²) in [6.45, 7) is 5.61. The number of nitrogens with zero attached hydrogens (tertiary/aromatic N) is 4. The molecule has 3 aromatic rings. The molecule has 1 aromatic carbocycles. The van der Waals surface area contributed by atoms with Gasteiger partial charge >= 0.3 is 0 Å². The normalized spacial score (nSPS) is 21.0. The number of morpholine rings is 1. The standard InChI is InChI=1S/C17H21N7O/c1-9-8-25-10(2)7-24(9)15-6-13(20-17(19)21-15)11-3-4-12-14(5-11)22-23-16(12)18/h3-6,9-10H,7-8H2,1-2H3,(H3,18,22,23)(H2,19,20,21)/t9-,10+/m1/s1. The van der Waals surface area contributed by atoms with E-state index in [-0.39, 0.29) is 18.1 Å². The van der Waals surface area contributed by atoms with Gasteiger partial charge in [-0.3, -0.25) is 5.10 Å². The highest BCUT2D eigenvalue weighted by atomic mass is 16.5. The van der Waals surface area contributed by atoms with Crippen LogP contribution in [0.5, 0.6) is 0 Å². The van der Waals surface area contributed by atoms with E-state index in [9.17, 15) is 0 Å². The fourth-order valence-corrected chi connectivity index (χ4v) is 3.17. The van der Waals surface area contributed by atoms with Crippen molar-refractivity contribution in [1.82, 2.24) is 20.2 Å². The van der Waals surface area contributed by atoms with Gasteiger partial charge in [0.1, 0.15) is 5.82 Å². The van der Waals surface area contributed by atoms with Gasteiger partial charge in [0.05, 0.1) is 30.0 Å². The number of benzene rings is 1. The number of hydrogen-bond acceptors (Lipinski definition) is 7. The Morgan fingerprint density at radius 3 is 2.88 bits per heavy atom. The van der Waals surface area contributed by atoms with Gasteiger partial charge in [-0.05, 0) is 26.0 Å². The molecule has 8 heteroatoms. The van der Waals surface area contributed by atoms with Crippen LogP contribution in [-0.4, -0.2) is 45.5 Å². The zero-order valence-corrected chi connectivity index (χ0v) is 14.2. The minimum atomic E-state index is 0.153. The Morgan fingerprint density at radius 2 is 2.04 bits per heavy atom. The molecule has 2 atom stereocenters. The quantitative estimate of drug-likeness (QED) is 0.651. The average molecular weight is 339 g/mol. The Morgan fingerprint density at radius 1 is 1.20 bits per heavy atom. The van der Waals surface area contributed by atoms with Crippen LogP contribution in [0.3, 0.4) is 0 Å². The molecular formula is C17H21N7O. The lowest BCUT2D eigenvalue weighted by molar-refractivity contribution is 0.0340. The molecule has 0 bridgehead atoms. The number of nitrogen functional groups attached to an aromatic ring is 2. The van der Waals surface area contributed by atoms with Crippen molar-refractivity contribution in [1.29, 1.82) is 0 Å². The first kappa shape index (κ1) is 15.6. The van der Waals surface area contributed by atoms with Crippen molar-refractivity contribution in [2.75, 3.05) is 29.5 Å². The lowest BCUT2D eigenvalue weighted by Gasteiger charge is -2.37. The van der Waals surface area contributed by atoms with Crippen molar-refractivity contribution in [3.8, 4) is 11.3 Å². The van der Waals surface area contributed by atoms with Gasteiger partial charge in [-0.25, -0.2) is 4.98 Å². The van der Waals surface area contributed by atoms with E-state index in [1.165, 1.54) is 0 Å². The summed E-state index contributed by atoms with van der Waals surface area (Å²) < 4.78 is 5.70. The van der Waals surface area contributed by atoms with Gasteiger partial charge in [0.15, 0.2) is 5.82 Å². The van der Waals surface area contributed by atoms with E-state index in [1.54, 1.807) is 0 Å². The van der Waals surface area contributed by atoms with Crippen molar-refractivity contribution in [3.63, 3.8) is 0 Å². The molecule has 8 nitrogen and oxygen atoms in total. The number of fused-ring (bicyclic) bond motifs is 1. The van der Waals surface area contributed by atoms with Crippen LogP contribution in [0.15, 0.2) is 24.3 Å². The zero-order chi connectivity index (χ0) is 17.6. The van der Waals surface area contributed by atoms with Crippen LogP contribution in [0, 0.1) is 0 Å². The van der Waals surface area contributed by atoms with E-state index < -0.39 is 0 Å². The van der Waals surface area contributed by atoms with Crippen LogP contribution in [0.1, 0.15) is 13.8 Å². The van der Waals surface area contributed by atoms with Crippen molar-refractivity contribution in [3.05, 3.63) is 24.3 Å².